The standard InChI is InChI=1S/C8H5Cl2N3O2/c1-15-7(14)5-2-4(9)3-13-6(5)11-8(10)12-13/h2-3H,1H3. The van der Waals surface area contributed by atoms with Gasteiger partial charge in [-0.2, -0.15) is 4.98 Å². The van der Waals surface area contributed by atoms with Gasteiger partial charge in [0.1, 0.15) is 5.56 Å². The number of fused-ring (bicyclic) bond motifs is 1. The van der Waals surface area contributed by atoms with Crippen LogP contribution in [-0.2, 0) is 4.74 Å². The Kier molecular flexibility index (Phi) is 2.50. The smallest absolute Gasteiger partial charge is 0.341 e. The van der Waals surface area contributed by atoms with Crippen molar-refractivity contribution in [2.24, 2.45) is 0 Å². The summed E-state index contributed by atoms with van der Waals surface area (Å²) < 4.78 is 5.92. The molecule has 2 aromatic rings. The highest BCUT2D eigenvalue weighted by Gasteiger charge is 2.15. The zero-order valence-electron chi connectivity index (χ0n) is 7.57. The van der Waals surface area contributed by atoms with Crippen LogP contribution in [0.25, 0.3) is 5.65 Å². The van der Waals surface area contributed by atoms with Crippen LogP contribution in [0.5, 0.6) is 0 Å². The van der Waals surface area contributed by atoms with Crippen LogP contribution in [0.3, 0.4) is 0 Å². The Morgan fingerprint density at radius 1 is 1.53 bits per heavy atom. The summed E-state index contributed by atoms with van der Waals surface area (Å²) >= 11 is 11.4. The van der Waals surface area contributed by atoms with Gasteiger partial charge in [0.15, 0.2) is 5.65 Å². The maximum Gasteiger partial charge on any atom is 0.341 e. The number of nitrogens with zero attached hydrogens (tertiary/aromatic N) is 3. The summed E-state index contributed by atoms with van der Waals surface area (Å²) in [4.78, 5) is 15.3. The fourth-order valence-electron chi connectivity index (χ4n) is 1.19. The van der Waals surface area contributed by atoms with Gasteiger partial charge in [0.05, 0.1) is 12.1 Å². The Morgan fingerprint density at radius 2 is 2.27 bits per heavy atom. The number of carbonyl (C=O) groups excluding carboxylic acids is 1. The lowest BCUT2D eigenvalue weighted by molar-refractivity contribution is 0.0602. The summed E-state index contributed by atoms with van der Waals surface area (Å²) in [5.74, 6) is -0.536. The highest BCUT2D eigenvalue weighted by molar-refractivity contribution is 6.31. The molecule has 15 heavy (non-hydrogen) atoms. The number of hydrogen-bond donors (Lipinski definition) is 0. The number of aromatic nitrogens is 3. The van der Waals surface area contributed by atoms with E-state index in [0.29, 0.717) is 10.7 Å². The maximum atomic E-state index is 11.4. The average molecular weight is 246 g/mol. The second-order valence-electron chi connectivity index (χ2n) is 2.71. The molecule has 2 aromatic heterocycles. The zero-order valence-corrected chi connectivity index (χ0v) is 9.08. The van der Waals surface area contributed by atoms with Gasteiger partial charge < -0.3 is 4.74 Å². The van der Waals surface area contributed by atoms with Crippen LogP contribution in [-0.4, -0.2) is 27.7 Å². The van der Waals surface area contributed by atoms with E-state index in [0.717, 1.165) is 0 Å². The maximum absolute atomic E-state index is 11.4. The third-order valence-corrected chi connectivity index (χ3v) is 2.15. The van der Waals surface area contributed by atoms with E-state index < -0.39 is 5.97 Å². The molecule has 0 aliphatic rings. The van der Waals surface area contributed by atoms with Gasteiger partial charge >= 0.3 is 5.97 Å². The lowest BCUT2D eigenvalue weighted by Crippen LogP contribution is -2.04. The number of halogens is 2. The van der Waals surface area contributed by atoms with Crippen LogP contribution in [0, 0.1) is 0 Å². The van der Waals surface area contributed by atoms with Crippen LogP contribution >= 0.6 is 23.2 Å². The molecular weight excluding hydrogens is 241 g/mol. The first-order chi connectivity index (χ1) is 7.11. The molecule has 0 atom stereocenters. The predicted octanol–water partition coefficient (Wildman–Crippen LogP) is 1.82. The molecule has 78 valence electrons. The van der Waals surface area contributed by atoms with Crippen molar-refractivity contribution >= 4 is 34.8 Å². The monoisotopic (exact) mass is 245 g/mol. The predicted molar refractivity (Wildman–Crippen MR) is 54.3 cm³/mol. The number of ether oxygens (including phenoxy) is 1. The third kappa shape index (κ3) is 1.75. The molecule has 0 fully saturated rings. The van der Waals surface area contributed by atoms with Crippen LogP contribution < -0.4 is 0 Å². The van der Waals surface area contributed by atoms with Crippen LogP contribution in [0.1, 0.15) is 10.4 Å². The molecule has 2 heterocycles. The summed E-state index contributed by atoms with van der Waals surface area (Å²) in [6, 6.07) is 1.45. The van der Waals surface area contributed by atoms with Crippen molar-refractivity contribution in [1.82, 2.24) is 14.6 Å². The van der Waals surface area contributed by atoms with E-state index >= 15 is 0 Å². The summed E-state index contributed by atoms with van der Waals surface area (Å²) in [6.07, 6.45) is 1.50. The molecule has 0 bridgehead atoms. The summed E-state index contributed by atoms with van der Waals surface area (Å²) in [7, 11) is 1.28. The Labute approximate surface area is 94.6 Å². The number of rotatable bonds is 1. The summed E-state index contributed by atoms with van der Waals surface area (Å²) in [5.41, 5.74) is 0.542. The van der Waals surface area contributed by atoms with Crippen molar-refractivity contribution in [3.05, 3.63) is 28.1 Å². The first kappa shape index (κ1) is 10.2. The largest absolute Gasteiger partial charge is 0.465 e. The Hall–Kier alpha value is -1.33. The molecule has 0 unspecified atom stereocenters. The number of methoxy groups -OCH3 is 1. The van der Waals surface area contributed by atoms with E-state index in [1.165, 1.54) is 23.9 Å². The molecule has 0 aromatic carbocycles. The van der Waals surface area contributed by atoms with Crippen molar-refractivity contribution in [1.29, 1.82) is 0 Å². The molecule has 0 saturated carbocycles. The van der Waals surface area contributed by atoms with Gasteiger partial charge in [0, 0.05) is 6.20 Å². The fraction of sp³-hybridized carbons (Fsp3) is 0.125. The Morgan fingerprint density at radius 3 is 2.93 bits per heavy atom. The van der Waals surface area contributed by atoms with Gasteiger partial charge in [-0.05, 0) is 17.7 Å². The number of hydrogen-bond acceptors (Lipinski definition) is 4. The Bertz CT molecular complexity index is 538. The second kappa shape index (κ2) is 3.67. The van der Waals surface area contributed by atoms with Gasteiger partial charge in [0.25, 0.3) is 0 Å². The van der Waals surface area contributed by atoms with Crippen LogP contribution in [0.2, 0.25) is 10.3 Å². The number of esters is 1. The summed E-state index contributed by atoms with van der Waals surface area (Å²) in [5, 5.41) is 4.23. The van der Waals surface area contributed by atoms with E-state index in [2.05, 4.69) is 14.8 Å². The summed E-state index contributed by atoms with van der Waals surface area (Å²) in [6.45, 7) is 0. The topological polar surface area (TPSA) is 56.5 Å². The minimum atomic E-state index is -0.536. The molecule has 0 aliphatic heterocycles. The van der Waals surface area contributed by atoms with Gasteiger partial charge in [-0.1, -0.05) is 11.6 Å². The lowest BCUT2D eigenvalue weighted by Gasteiger charge is -2.01. The van der Waals surface area contributed by atoms with Crippen molar-refractivity contribution in [2.75, 3.05) is 7.11 Å². The van der Waals surface area contributed by atoms with E-state index in [-0.39, 0.29) is 10.8 Å². The molecule has 5 nitrogen and oxygen atoms in total. The molecule has 7 heteroatoms. The molecule has 2 rings (SSSR count). The van der Waals surface area contributed by atoms with Gasteiger partial charge in [-0.15, -0.1) is 5.10 Å². The molecule has 0 N–H and O–H groups in total. The lowest BCUT2D eigenvalue weighted by atomic mass is 10.3. The van der Waals surface area contributed by atoms with Crippen molar-refractivity contribution in [2.45, 2.75) is 0 Å². The van der Waals surface area contributed by atoms with E-state index in [9.17, 15) is 4.79 Å². The minimum Gasteiger partial charge on any atom is -0.465 e. The van der Waals surface area contributed by atoms with Crippen molar-refractivity contribution in [3.63, 3.8) is 0 Å². The second-order valence-corrected chi connectivity index (χ2v) is 3.49. The van der Waals surface area contributed by atoms with Crippen LogP contribution in [0.4, 0.5) is 0 Å². The fourth-order valence-corrected chi connectivity index (χ4v) is 1.55. The third-order valence-electron chi connectivity index (χ3n) is 1.78. The SMILES string of the molecule is COC(=O)c1cc(Cl)cn2nc(Cl)nc12. The molecule has 0 spiro atoms. The molecule has 0 saturated heterocycles. The first-order valence-corrected chi connectivity index (χ1v) is 4.67. The van der Waals surface area contributed by atoms with Crippen LogP contribution in [0.15, 0.2) is 12.3 Å². The van der Waals surface area contributed by atoms with E-state index in [1.807, 2.05) is 0 Å². The van der Waals surface area contributed by atoms with E-state index in [4.69, 9.17) is 23.2 Å². The molecular formula is C8H5Cl2N3O2. The minimum absolute atomic E-state index is 0.0439. The van der Waals surface area contributed by atoms with Gasteiger partial charge in [-0.3, -0.25) is 0 Å². The zero-order chi connectivity index (χ0) is 11.0. The first-order valence-electron chi connectivity index (χ1n) is 3.91. The molecule has 0 radical (unpaired) electrons. The normalized spacial score (nSPS) is 10.6. The van der Waals surface area contributed by atoms with E-state index in [1.54, 1.807) is 0 Å². The number of pyridine rings is 1. The quantitative estimate of drug-likeness (QED) is 0.720. The molecule has 0 amide bonds. The Balaban J connectivity index is 2.75. The van der Waals surface area contributed by atoms with Gasteiger partial charge in [0.2, 0.25) is 5.28 Å². The van der Waals surface area contributed by atoms with Gasteiger partial charge in [-0.25, -0.2) is 9.31 Å². The van der Waals surface area contributed by atoms with Crippen molar-refractivity contribution < 1.29 is 9.53 Å². The number of carbonyl (C=O) groups is 1. The highest BCUT2D eigenvalue weighted by atomic mass is 35.5. The molecule has 0 aliphatic carbocycles. The van der Waals surface area contributed by atoms with Crippen molar-refractivity contribution in [3.8, 4) is 0 Å². The highest BCUT2D eigenvalue weighted by Crippen LogP contribution is 2.18. The average Bonchev–Trinajstić information content (AvgIpc) is 2.55.